The number of hydrogen-bond acceptors (Lipinski definition) is 4. The van der Waals surface area contributed by atoms with E-state index < -0.39 is 17.8 Å². The zero-order chi connectivity index (χ0) is 21.6. The lowest BCUT2D eigenvalue weighted by Crippen LogP contribution is -2.16. The maximum Gasteiger partial charge on any atom is 0.337 e. The number of amides is 2. The van der Waals surface area contributed by atoms with E-state index >= 15 is 0 Å². The summed E-state index contributed by atoms with van der Waals surface area (Å²) in [7, 11) is 0. The van der Waals surface area contributed by atoms with Gasteiger partial charge in [0.25, 0.3) is 5.91 Å². The van der Waals surface area contributed by atoms with Crippen LogP contribution in [0.25, 0.3) is 0 Å². The minimum Gasteiger partial charge on any atom is -0.478 e. The molecule has 0 bridgehead atoms. The topological polar surface area (TPSA) is 133 Å². The van der Waals surface area contributed by atoms with Crippen LogP contribution in [0.4, 0.5) is 11.4 Å². The molecule has 0 aromatic heterocycles. The molecule has 2 aromatic rings. The zero-order valence-electron chi connectivity index (χ0n) is 16.1. The van der Waals surface area contributed by atoms with Gasteiger partial charge < -0.3 is 20.8 Å². The molecule has 8 heteroatoms. The van der Waals surface area contributed by atoms with Crippen LogP contribution in [-0.4, -0.2) is 34.0 Å². The molecule has 2 rings (SSSR count). The maximum absolute atomic E-state index is 12.4. The average Bonchev–Trinajstić information content (AvgIpc) is 2.66. The molecule has 0 unspecified atom stereocenters. The first kappa shape index (κ1) is 21.6. The number of nitrogens with one attached hydrogen (secondary N) is 2. The smallest absolute Gasteiger partial charge is 0.337 e. The van der Waals surface area contributed by atoms with Gasteiger partial charge in [0, 0.05) is 17.7 Å². The van der Waals surface area contributed by atoms with E-state index in [0.717, 1.165) is 6.42 Å². The molecule has 2 amide bonds. The highest BCUT2D eigenvalue weighted by Gasteiger charge is 2.16. The number of benzene rings is 2. The first-order valence-electron chi connectivity index (χ1n) is 8.99. The summed E-state index contributed by atoms with van der Waals surface area (Å²) < 4.78 is 0. The Kier molecular flexibility index (Phi) is 7.08. The van der Waals surface area contributed by atoms with Crippen molar-refractivity contribution >= 4 is 35.1 Å². The molecular formula is C21H22N2O6. The van der Waals surface area contributed by atoms with Gasteiger partial charge in [-0.15, -0.1) is 0 Å². The lowest BCUT2D eigenvalue weighted by atomic mass is 10.1. The van der Waals surface area contributed by atoms with E-state index in [4.69, 9.17) is 5.11 Å². The van der Waals surface area contributed by atoms with Crippen molar-refractivity contribution in [2.75, 3.05) is 10.6 Å². The molecule has 0 atom stereocenters. The van der Waals surface area contributed by atoms with E-state index in [1.165, 1.54) is 42.5 Å². The fourth-order valence-electron chi connectivity index (χ4n) is 2.51. The largest absolute Gasteiger partial charge is 0.478 e. The molecule has 4 N–H and O–H groups in total. The van der Waals surface area contributed by atoms with E-state index in [2.05, 4.69) is 10.6 Å². The van der Waals surface area contributed by atoms with Crippen molar-refractivity contribution in [1.82, 2.24) is 0 Å². The van der Waals surface area contributed by atoms with E-state index in [1.807, 2.05) is 13.8 Å². The molecule has 29 heavy (non-hydrogen) atoms. The van der Waals surface area contributed by atoms with Crippen LogP contribution in [0, 0.1) is 5.92 Å². The Morgan fingerprint density at radius 2 is 1.48 bits per heavy atom. The van der Waals surface area contributed by atoms with Gasteiger partial charge >= 0.3 is 11.9 Å². The van der Waals surface area contributed by atoms with Crippen LogP contribution in [0.5, 0.6) is 0 Å². The summed E-state index contributed by atoms with van der Waals surface area (Å²) in [6.07, 6.45) is 1.05. The van der Waals surface area contributed by atoms with Gasteiger partial charge in [-0.25, -0.2) is 9.59 Å². The molecule has 0 heterocycles. The first-order valence-corrected chi connectivity index (χ1v) is 8.99. The third-order valence-corrected chi connectivity index (χ3v) is 4.12. The van der Waals surface area contributed by atoms with Gasteiger partial charge in [-0.3, -0.25) is 9.59 Å². The van der Waals surface area contributed by atoms with Crippen molar-refractivity contribution in [2.24, 2.45) is 5.92 Å². The Bertz CT molecular complexity index is 935. The van der Waals surface area contributed by atoms with Crippen molar-refractivity contribution in [3.8, 4) is 0 Å². The van der Waals surface area contributed by atoms with E-state index in [9.17, 15) is 24.3 Å². The molecule has 0 aliphatic rings. The normalized spacial score (nSPS) is 10.4. The summed E-state index contributed by atoms with van der Waals surface area (Å²) in [4.78, 5) is 46.8. The number of rotatable bonds is 8. The predicted octanol–water partition coefficient (Wildman–Crippen LogP) is 3.71. The minimum atomic E-state index is -1.24. The number of anilines is 2. The van der Waals surface area contributed by atoms with Crippen LogP contribution in [0.15, 0.2) is 42.5 Å². The molecule has 0 saturated heterocycles. The first-order chi connectivity index (χ1) is 13.7. The molecule has 8 nitrogen and oxygen atoms in total. The second-order valence-electron chi connectivity index (χ2n) is 6.88. The minimum absolute atomic E-state index is 0.0199. The number of aromatic carboxylic acids is 2. The SMILES string of the molecule is CC(C)CCC(=O)Nc1ccc(C(=O)O)c(NC(=O)c2ccc(C(=O)O)cc2)c1. The number of hydrogen-bond donors (Lipinski definition) is 4. The lowest BCUT2D eigenvalue weighted by molar-refractivity contribution is -0.116. The van der Waals surface area contributed by atoms with Crippen molar-refractivity contribution in [1.29, 1.82) is 0 Å². The number of carbonyl (C=O) groups excluding carboxylic acids is 2. The molecule has 2 aromatic carbocycles. The summed E-state index contributed by atoms with van der Waals surface area (Å²) in [6, 6.07) is 9.34. The van der Waals surface area contributed by atoms with Crippen molar-refractivity contribution in [3.05, 3.63) is 59.2 Å². The standard InChI is InChI=1S/C21H22N2O6/c1-12(2)3-10-18(24)22-15-8-9-16(21(28)29)17(11-15)23-19(25)13-4-6-14(7-5-13)20(26)27/h4-9,11-12H,3,10H2,1-2H3,(H,22,24)(H,23,25)(H,26,27)(H,28,29). The Morgan fingerprint density at radius 1 is 0.862 bits per heavy atom. The fraction of sp³-hybridized carbons (Fsp3) is 0.238. The lowest BCUT2D eigenvalue weighted by Gasteiger charge is -2.12. The second kappa shape index (κ2) is 9.50. The van der Waals surface area contributed by atoms with Crippen molar-refractivity contribution in [2.45, 2.75) is 26.7 Å². The van der Waals surface area contributed by atoms with Crippen molar-refractivity contribution in [3.63, 3.8) is 0 Å². The average molecular weight is 398 g/mol. The predicted molar refractivity (Wildman–Crippen MR) is 107 cm³/mol. The highest BCUT2D eigenvalue weighted by molar-refractivity contribution is 6.08. The van der Waals surface area contributed by atoms with Gasteiger partial charge in [0.05, 0.1) is 16.8 Å². The Labute approximate surface area is 167 Å². The summed E-state index contributed by atoms with van der Waals surface area (Å²) in [5, 5.41) is 23.5. The van der Waals surface area contributed by atoms with Crippen LogP contribution in [0.3, 0.4) is 0 Å². The molecule has 152 valence electrons. The maximum atomic E-state index is 12.4. The highest BCUT2D eigenvalue weighted by Crippen LogP contribution is 2.23. The monoisotopic (exact) mass is 398 g/mol. The Balaban J connectivity index is 2.20. The highest BCUT2D eigenvalue weighted by atomic mass is 16.4. The molecule has 0 spiro atoms. The number of carboxylic acid groups (broad SMARTS) is 2. The van der Waals surface area contributed by atoms with E-state index in [0.29, 0.717) is 18.0 Å². The van der Waals surface area contributed by atoms with Crippen LogP contribution < -0.4 is 10.6 Å². The van der Waals surface area contributed by atoms with Gasteiger partial charge in [0.2, 0.25) is 5.91 Å². The summed E-state index contributed by atoms with van der Waals surface area (Å²) >= 11 is 0. The Morgan fingerprint density at radius 3 is 2.03 bits per heavy atom. The molecule has 0 radical (unpaired) electrons. The van der Waals surface area contributed by atoms with Gasteiger partial charge in [-0.1, -0.05) is 13.8 Å². The Hall–Kier alpha value is -3.68. The number of carboxylic acids is 2. The van der Waals surface area contributed by atoms with E-state index in [-0.39, 0.29) is 28.3 Å². The van der Waals surface area contributed by atoms with Crippen LogP contribution in [-0.2, 0) is 4.79 Å². The molecular weight excluding hydrogens is 376 g/mol. The molecule has 0 aliphatic carbocycles. The summed E-state index contributed by atoms with van der Waals surface area (Å²) in [5.41, 5.74) is 0.434. The molecule has 0 fully saturated rings. The third-order valence-electron chi connectivity index (χ3n) is 4.12. The fourth-order valence-corrected chi connectivity index (χ4v) is 2.51. The van der Waals surface area contributed by atoms with Crippen molar-refractivity contribution < 1.29 is 29.4 Å². The second-order valence-corrected chi connectivity index (χ2v) is 6.88. The third kappa shape index (κ3) is 6.17. The van der Waals surface area contributed by atoms with Gasteiger partial charge in [-0.05, 0) is 54.8 Å². The summed E-state index contributed by atoms with van der Waals surface area (Å²) in [5.74, 6) is -2.79. The molecule has 0 saturated carbocycles. The van der Waals surface area contributed by atoms with E-state index in [1.54, 1.807) is 0 Å². The zero-order valence-corrected chi connectivity index (χ0v) is 16.1. The van der Waals surface area contributed by atoms with Gasteiger partial charge in [0.1, 0.15) is 0 Å². The number of carbonyl (C=O) groups is 4. The van der Waals surface area contributed by atoms with Crippen LogP contribution >= 0.6 is 0 Å². The van der Waals surface area contributed by atoms with Crippen LogP contribution in [0.1, 0.15) is 57.8 Å². The van der Waals surface area contributed by atoms with Gasteiger partial charge in [0.15, 0.2) is 0 Å². The van der Waals surface area contributed by atoms with Crippen LogP contribution in [0.2, 0.25) is 0 Å². The summed E-state index contributed by atoms with van der Waals surface area (Å²) in [6.45, 7) is 4.01. The van der Waals surface area contributed by atoms with Gasteiger partial charge in [-0.2, -0.15) is 0 Å². The quantitative estimate of drug-likeness (QED) is 0.536. The molecule has 0 aliphatic heterocycles.